The van der Waals surface area contributed by atoms with E-state index in [9.17, 15) is 14.0 Å². The first-order chi connectivity index (χ1) is 15.3. The van der Waals surface area contributed by atoms with Crippen LogP contribution in [0.4, 0.5) is 4.39 Å². The van der Waals surface area contributed by atoms with Gasteiger partial charge in [0.15, 0.2) is 11.6 Å². The number of hydrogen-bond donors (Lipinski definition) is 1. The normalized spacial score (nSPS) is 14.1. The van der Waals surface area contributed by atoms with Gasteiger partial charge in [0.25, 0.3) is 5.91 Å². The molecule has 1 amide bonds. The van der Waals surface area contributed by atoms with Gasteiger partial charge in [-0.25, -0.2) is 4.39 Å². The Kier molecular flexibility index (Phi) is 5.63. The lowest BCUT2D eigenvalue weighted by Gasteiger charge is -2.23. The van der Waals surface area contributed by atoms with Crippen molar-refractivity contribution in [3.63, 3.8) is 0 Å². The summed E-state index contributed by atoms with van der Waals surface area (Å²) in [5, 5.41) is 16.2. The van der Waals surface area contributed by atoms with E-state index in [0.717, 1.165) is 0 Å². The van der Waals surface area contributed by atoms with Crippen molar-refractivity contribution in [3.8, 4) is 17.4 Å². The molecule has 2 aromatic heterocycles. The van der Waals surface area contributed by atoms with Gasteiger partial charge in [-0.3, -0.25) is 14.2 Å². The number of rotatable bonds is 6. The second-order valence-corrected chi connectivity index (χ2v) is 7.23. The number of Topliss-reactive ketones (excluding diaryl/α,β-unsaturated/α-hetero) is 1. The Morgan fingerprint density at radius 2 is 1.78 bits per heavy atom. The molecule has 2 N–H and O–H groups in total. The molecule has 0 radical (unpaired) electrons. The van der Waals surface area contributed by atoms with Gasteiger partial charge in [0.05, 0.1) is 5.57 Å². The molecule has 0 aliphatic carbocycles. The summed E-state index contributed by atoms with van der Waals surface area (Å²) >= 11 is 0. The van der Waals surface area contributed by atoms with Crippen molar-refractivity contribution in [1.29, 1.82) is 0 Å². The van der Waals surface area contributed by atoms with Crippen molar-refractivity contribution in [3.05, 3.63) is 59.2 Å². The molecule has 4 rings (SSSR count). The number of likely N-dealkylation sites (N-methyl/N-ethyl adjacent to an activating group) is 1. The maximum absolute atomic E-state index is 13.2. The summed E-state index contributed by atoms with van der Waals surface area (Å²) < 4.78 is 20.5. The van der Waals surface area contributed by atoms with Crippen LogP contribution < -0.4 is 10.5 Å². The van der Waals surface area contributed by atoms with E-state index in [0.29, 0.717) is 30.2 Å². The van der Waals surface area contributed by atoms with Crippen LogP contribution >= 0.6 is 0 Å². The Morgan fingerprint density at radius 1 is 1.06 bits per heavy atom. The monoisotopic (exact) mass is 437 g/mol. The largest absolute Gasteiger partial charge is 0.472 e. The zero-order valence-electron chi connectivity index (χ0n) is 17.4. The van der Waals surface area contributed by atoms with Crippen LogP contribution in [-0.4, -0.2) is 61.8 Å². The van der Waals surface area contributed by atoms with Gasteiger partial charge < -0.3 is 15.4 Å². The van der Waals surface area contributed by atoms with Gasteiger partial charge in [-0.1, -0.05) is 0 Å². The molecular weight excluding hydrogens is 417 g/mol. The van der Waals surface area contributed by atoms with Crippen LogP contribution in [0.15, 0.2) is 42.0 Å². The third kappa shape index (κ3) is 4.04. The third-order valence-corrected chi connectivity index (χ3v) is 5.09. The zero-order valence-corrected chi connectivity index (χ0v) is 17.4. The molecule has 164 valence electrons. The number of nitrogens with two attached hydrogens (primary N) is 1. The number of fused-ring (bicyclic) bond motifs is 1. The summed E-state index contributed by atoms with van der Waals surface area (Å²) in [5.41, 5.74) is 7.48. The second kappa shape index (κ2) is 8.53. The lowest BCUT2D eigenvalue weighted by Crippen LogP contribution is -2.37. The van der Waals surface area contributed by atoms with Gasteiger partial charge in [0.1, 0.15) is 18.1 Å². The number of hydrogen-bond acceptors (Lipinski definition) is 8. The molecule has 0 unspecified atom stereocenters. The minimum absolute atomic E-state index is 0.131. The Labute approximate surface area is 182 Å². The highest BCUT2D eigenvalue weighted by Crippen LogP contribution is 2.21. The van der Waals surface area contributed by atoms with Crippen LogP contribution in [0.1, 0.15) is 23.1 Å². The molecule has 0 saturated carbocycles. The van der Waals surface area contributed by atoms with E-state index in [1.807, 2.05) is 0 Å². The molecule has 0 fully saturated rings. The van der Waals surface area contributed by atoms with Gasteiger partial charge in [0, 0.05) is 31.9 Å². The topological polar surface area (TPSA) is 129 Å². The van der Waals surface area contributed by atoms with Crippen molar-refractivity contribution in [2.45, 2.75) is 13.5 Å². The number of aromatic nitrogens is 5. The molecule has 3 heterocycles. The minimum atomic E-state index is -0.400. The lowest BCUT2D eigenvalue weighted by molar-refractivity contribution is -0.113. The molecule has 32 heavy (non-hydrogen) atoms. The molecule has 3 aromatic rings. The van der Waals surface area contributed by atoms with Crippen molar-refractivity contribution in [1.82, 2.24) is 29.9 Å². The van der Waals surface area contributed by atoms with Crippen LogP contribution in [0.3, 0.4) is 0 Å². The van der Waals surface area contributed by atoms with Gasteiger partial charge in [-0.15, -0.1) is 20.4 Å². The smallest absolute Gasteiger partial charge is 0.291 e. The summed E-state index contributed by atoms with van der Waals surface area (Å²) in [6.45, 7) is 2.33. The molecule has 11 heteroatoms. The predicted octanol–water partition coefficient (Wildman–Crippen LogP) is 1.30. The van der Waals surface area contributed by atoms with Crippen LogP contribution in [0.25, 0.3) is 17.2 Å². The van der Waals surface area contributed by atoms with E-state index in [-0.39, 0.29) is 41.3 Å². The van der Waals surface area contributed by atoms with Crippen LogP contribution in [0.2, 0.25) is 0 Å². The quantitative estimate of drug-likeness (QED) is 0.571. The summed E-state index contributed by atoms with van der Waals surface area (Å²) in [6.07, 6.45) is 0. The third-order valence-electron chi connectivity index (χ3n) is 5.09. The van der Waals surface area contributed by atoms with Crippen molar-refractivity contribution < 1.29 is 18.7 Å². The molecule has 0 spiro atoms. The minimum Gasteiger partial charge on any atom is -0.472 e. The number of benzene rings is 1. The number of amides is 1. The van der Waals surface area contributed by atoms with Gasteiger partial charge in [0.2, 0.25) is 11.7 Å². The highest BCUT2D eigenvalue weighted by molar-refractivity contribution is 6.00. The van der Waals surface area contributed by atoms with E-state index < -0.39 is 5.82 Å². The molecular formula is C21H20FN7O3. The van der Waals surface area contributed by atoms with Crippen molar-refractivity contribution >= 4 is 17.4 Å². The van der Waals surface area contributed by atoms with E-state index in [1.54, 1.807) is 28.6 Å². The maximum Gasteiger partial charge on any atom is 0.291 e. The zero-order chi connectivity index (χ0) is 22.8. The van der Waals surface area contributed by atoms with Crippen LogP contribution in [0.5, 0.6) is 5.88 Å². The first-order valence-corrected chi connectivity index (χ1v) is 9.76. The summed E-state index contributed by atoms with van der Waals surface area (Å²) in [6, 6.07) is 8.73. The SMILES string of the molecule is CC(=O)/C(COc1ccc(-c2nnc3n2CCN(C)C3=O)nn1)=C(\N)c1ccc(F)cc1. The first kappa shape index (κ1) is 21.1. The van der Waals surface area contributed by atoms with Gasteiger partial charge in [-0.05, 0) is 42.8 Å². The van der Waals surface area contributed by atoms with E-state index in [4.69, 9.17) is 10.5 Å². The standard InChI is InChI=1S/C21H20FN7O3/c1-12(30)15(18(23)13-3-5-14(22)6-4-13)11-32-17-8-7-16(24-25-17)19-26-27-20-21(31)28(2)9-10-29(19)20/h3-8H,9-11,23H2,1-2H3/b18-15-. The molecule has 0 atom stereocenters. The second-order valence-electron chi connectivity index (χ2n) is 7.23. The number of carbonyl (C=O) groups excluding carboxylic acids is 2. The number of nitrogens with zero attached hydrogens (tertiary/aromatic N) is 6. The highest BCUT2D eigenvalue weighted by atomic mass is 19.1. The fourth-order valence-electron chi connectivity index (χ4n) is 3.22. The number of carbonyl (C=O) groups is 2. The van der Waals surface area contributed by atoms with E-state index in [2.05, 4.69) is 20.4 Å². The number of halogens is 1. The fraction of sp³-hybridized carbons (Fsp3) is 0.238. The lowest BCUT2D eigenvalue weighted by atomic mass is 10.0. The summed E-state index contributed by atoms with van der Waals surface area (Å²) in [7, 11) is 1.71. The van der Waals surface area contributed by atoms with Gasteiger partial charge >= 0.3 is 0 Å². The Balaban J connectivity index is 1.51. The van der Waals surface area contributed by atoms with Gasteiger partial charge in [-0.2, -0.15) is 0 Å². The highest BCUT2D eigenvalue weighted by Gasteiger charge is 2.27. The molecule has 1 aliphatic heterocycles. The Morgan fingerprint density at radius 3 is 2.44 bits per heavy atom. The summed E-state index contributed by atoms with van der Waals surface area (Å²) in [5.74, 6) is -0.0171. The average molecular weight is 437 g/mol. The molecule has 1 aromatic carbocycles. The molecule has 0 saturated heterocycles. The van der Waals surface area contributed by atoms with Crippen LogP contribution in [-0.2, 0) is 11.3 Å². The fourth-order valence-corrected chi connectivity index (χ4v) is 3.22. The number of ketones is 1. The van der Waals surface area contributed by atoms with Crippen molar-refractivity contribution in [2.75, 3.05) is 20.2 Å². The summed E-state index contributed by atoms with van der Waals surface area (Å²) in [4.78, 5) is 25.8. The maximum atomic E-state index is 13.2. The average Bonchev–Trinajstić information content (AvgIpc) is 3.22. The van der Waals surface area contributed by atoms with Crippen LogP contribution in [0, 0.1) is 5.82 Å². The predicted molar refractivity (Wildman–Crippen MR) is 112 cm³/mol. The first-order valence-electron chi connectivity index (χ1n) is 9.76. The van der Waals surface area contributed by atoms with E-state index >= 15 is 0 Å². The Hall–Kier alpha value is -4.15. The molecule has 0 bridgehead atoms. The molecule has 1 aliphatic rings. The van der Waals surface area contributed by atoms with Crippen molar-refractivity contribution in [2.24, 2.45) is 5.73 Å². The Bertz CT molecular complexity index is 1200. The number of ether oxygens (including phenoxy) is 1. The molecule has 10 nitrogen and oxygen atoms in total. The van der Waals surface area contributed by atoms with E-state index in [1.165, 1.54) is 31.2 Å².